The van der Waals surface area contributed by atoms with Crippen molar-refractivity contribution in [2.75, 3.05) is 26.3 Å². The van der Waals surface area contributed by atoms with E-state index in [0.29, 0.717) is 36.7 Å². The Bertz CT molecular complexity index is 1570. The number of alkyl halides is 3. The molecule has 3 aromatic carbocycles. The number of hydrogen-bond donors (Lipinski definition) is 0. The third kappa shape index (κ3) is 7.67. The summed E-state index contributed by atoms with van der Waals surface area (Å²) in [7, 11) is 0. The summed E-state index contributed by atoms with van der Waals surface area (Å²) in [6.45, 7) is 2.41. The lowest BCUT2D eigenvalue weighted by Gasteiger charge is -2.32. The van der Waals surface area contributed by atoms with E-state index < -0.39 is 12.8 Å². The highest BCUT2D eigenvalue weighted by Gasteiger charge is 2.27. The molecule has 1 fully saturated rings. The molecule has 0 aliphatic carbocycles. The number of rotatable bonds is 10. The van der Waals surface area contributed by atoms with Gasteiger partial charge in [-0.25, -0.2) is 4.39 Å². The maximum absolute atomic E-state index is 13.2. The number of aryl methyl sites for hydroxylation is 1. The van der Waals surface area contributed by atoms with Gasteiger partial charge < -0.3 is 9.64 Å². The highest BCUT2D eigenvalue weighted by molar-refractivity contribution is 6.01. The molecule has 1 aromatic heterocycles. The fraction of sp³-hybridized carbons (Fsp3) is 0.364. The van der Waals surface area contributed by atoms with Gasteiger partial charge >= 0.3 is 6.18 Å². The van der Waals surface area contributed by atoms with E-state index in [4.69, 9.17) is 5.10 Å². The third-order valence-electron chi connectivity index (χ3n) is 7.92. The van der Waals surface area contributed by atoms with Crippen molar-refractivity contribution in [3.63, 3.8) is 0 Å². The number of carbonyl (C=O) groups is 2. The van der Waals surface area contributed by atoms with Gasteiger partial charge in [0.05, 0.1) is 5.52 Å². The predicted molar refractivity (Wildman–Crippen MR) is 155 cm³/mol. The molecule has 1 saturated heterocycles. The van der Waals surface area contributed by atoms with Crippen LogP contribution in [-0.2, 0) is 11.3 Å². The summed E-state index contributed by atoms with van der Waals surface area (Å²) >= 11 is 0. The number of Topliss-reactive ketones (excluding diaryl/α,β-unsaturated/α-hetero) is 1. The normalized spacial score (nSPS) is 14.4. The van der Waals surface area contributed by atoms with Gasteiger partial charge in [-0.1, -0.05) is 24.3 Å². The van der Waals surface area contributed by atoms with Crippen LogP contribution in [0.4, 0.5) is 17.6 Å². The Kier molecular flexibility index (Phi) is 9.25. The number of amides is 1. The van der Waals surface area contributed by atoms with Gasteiger partial charge in [0, 0.05) is 55.4 Å². The predicted octanol–water partition coefficient (Wildman–Crippen LogP) is 7.25. The summed E-state index contributed by atoms with van der Waals surface area (Å²) in [5.74, 6) is -0.0841. The molecule has 2 heterocycles. The zero-order chi connectivity index (χ0) is 30.6. The first-order chi connectivity index (χ1) is 20.6. The number of ketones is 1. The maximum Gasteiger partial charge on any atom is 0.411 e. The lowest BCUT2D eigenvalue weighted by Crippen LogP contribution is -2.39. The lowest BCUT2D eigenvalue weighted by molar-refractivity contribution is -0.173. The van der Waals surface area contributed by atoms with Crippen LogP contribution in [-0.4, -0.2) is 58.9 Å². The number of nitrogens with zero attached hydrogens (tertiary/aromatic N) is 3. The van der Waals surface area contributed by atoms with E-state index in [1.165, 1.54) is 12.1 Å². The Morgan fingerprint density at radius 1 is 0.953 bits per heavy atom. The van der Waals surface area contributed by atoms with Gasteiger partial charge in [0.1, 0.15) is 12.4 Å². The smallest absolute Gasteiger partial charge is 0.372 e. The largest absolute Gasteiger partial charge is 0.411 e. The van der Waals surface area contributed by atoms with E-state index in [9.17, 15) is 27.2 Å². The van der Waals surface area contributed by atoms with Crippen LogP contribution in [0.2, 0.25) is 0 Å². The SMILES string of the molecule is Cc1c(C(=O)CCCOCC(F)(F)F)ccc2nn(CC3CCN(C(=O)c4ccc(-c5ccc(F)cc5)cc4)CC3)cc12. The van der Waals surface area contributed by atoms with E-state index in [2.05, 4.69) is 4.74 Å². The molecule has 0 radical (unpaired) electrons. The Balaban J connectivity index is 1.13. The van der Waals surface area contributed by atoms with Crippen LogP contribution in [0, 0.1) is 18.7 Å². The summed E-state index contributed by atoms with van der Waals surface area (Å²) in [4.78, 5) is 27.7. The molecule has 10 heteroatoms. The Hall–Kier alpha value is -4.05. The second-order valence-corrected chi connectivity index (χ2v) is 11.0. The molecular formula is C33H33F4N3O3. The topological polar surface area (TPSA) is 64.4 Å². The van der Waals surface area contributed by atoms with Crippen LogP contribution in [0.25, 0.3) is 22.0 Å². The van der Waals surface area contributed by atoms with Crippen LogP contribution in [0.5, 0.6) is 0 Å². The van der Waals surface area contributed by atoms with Crippen LogP contribution >= 0.6 is 0 Å². The fourth-order valence-electron chi connectivity index (χ4n) is 5.55. The van der Waals surface area contributed by atoms with Gasteiger partial charge in [0.25, 0.3) is 5.91 Å². The summed E-state index contributed by atoms with van der Waals surface area (Å²) in [6.07, 6.45) is -0.430. The second-order valence-electron chi connectivity index (χ2n) is 11.0. The molecule has 0 saturated carbocycles. The summed E-state index contributed by atoms with van der Waals surface area (Å²) in [5, 5.41) is 5.57. The molecule has 1 aliphatic heterocycles. The van der Waals surface area contributed by atoms with Crippen LogP contribution in [0.1, 0.15) is 52.0 Å². The van der Waals surface area contributed by atoms with E-state index >= 15 is 0 Å². The van der Waals surface area contributed by atoms with Gasteiger partial charge in [-0.3, -0.25) is 14.3 Å². The van der Waals surface area contributed by atoms with Crippen LogP contribution < -0.4 is 0 Å². The molecule has 0 atom stereocenters. The third-order valence-corrected chi connectivity index (χ3v) is 7.92. The monoisotopic (exact) mass is 595 g/mol. The van der Waals surface area contributed by atoms with E-state index in [0.717, 1.165) is 40.4 Å². The van der Waals surface area contributed by atoms with E-state index in [1.54, 1.807) is 24.3 Å². The lowest BCUT2D eigenvalue weighted by atomic mass is 9.96. The number of likely N-dealkylation sites (tertiary alicyclic amines) is 1. The average Bonchev–Trinajstić information content (AvgIpc) is 3.40. The first kappa shape index (κ1) is 30.4. The van der Waals surface area contributed by atoms with Crippen LogP contribution in [0.3, 0.4) is 0 Å². The molecule has 5 rings (SSSR count). The van der Waals surface area contributed by atoms with E-state index in [-0.39, 0.29) is 37.0 Å². The standard InChI is InChI=1S/C33H33F4N3O3/c1-22-28(31(41)3-2-18-43-21-33(35,36)37)12-13-30-29(22)20-40(38-30)19-23-14-16-39(17-15-23)32(42)26-6-4-24(5-7-26)25-8-10-27(34)11-9-25/h4-13,20,23H,2-3,14-19,21H2,1H3. The average molecular weight is 596 g/mol. The quantitative estimate of drug-likeness (QED) is 0.110. The molecule has 1 amide bonds. The van der Waals surface area contributed by atoms with Gasteiger partial charge in [0.2, 0.25) is 0 Å². The number of ether oxygens (including phenoxy) is 1. The molecule has 43 heavy (non-hydrogen) atoms. The zero-order valence-corrected chi connectivity index (χ0v) is 23.9. The maximum atomic E-state index is 13.2. The Labute approximate surface area is 247 Å². The number of hydrogen-bond acceptors (Lipinski definition) is 4. The molecule has 1 aliphatic rings. The molecule has 226 valence electrons. The van der Waals surface area contributed by atoms with Gasteiger partial charge in [-0.05, 0) is 85.2 Å². The van der Waals surface area contributed by atoms with E-state index in [1.807, 2.05) is 47.0 Å². The van der Waals surface area contributed by atoms with Crippen molar-refractivity contribution >= 4 is 22.6 Å². The number of benzene rings is 3. The second kappa shape index (κ2) is 13.1. The fourth-order valence-corrected chi connectivity index (χ4v) is 5.55. The minimum atomic E-state index is -4.37. The van der Waals surface area contributed by atoms with Crippen LogP contribution in [0.15, 0.2) is 66.9 Å². The minimum Gasteiger partial charge on any atom is -0.372 e. The summed E-state index contributed by atoms with van der Waals surface area (Å²) in [6, 6.07) is 17.2. The van der Waals surface area contributed by atoms with Gasteiger partial charge in [-0.2, -0.15) is 18.3 Å². The van der Waals surface area contributed by atoms with Crippen molar-refractivity contribution in [2.24, 2.45) is 5.92 Å². The van der Waals surface area contributed by atoms with Crippen molar-refractivity contribution in [3.8, 4) is 11.1 Å². The molecule has 0 unspecified atom stereocenters. The molecule has 0 bridgehead atoms. The minimum absolute atomic E-state index is 0.00586. The highest BCUT2D eigenvalue weighted by Crippen LogP contribution is 2.26. The Morgan fingerprint density at radius 3 is 2.26 bits per heavy atom. The highest BCUT2D eigenvalue weighted by atomic mass is 19.4. The van der Waals surface area contributed by atoms with Crippen molar-refractivity contribution in [3.05, 3.63) is 89.4 Å². The first-order valence-corrected chi connectivity index (χ1v) is 14.4. The van der Waals surface area contributed by atoms with Crippen molar-refractivity contribution in [2.45, 2.75) is 45.3 Å². The summed E-state index contributed by atoms with van der Waals surface area (Å²) < 4.78 is 56.4. The van der Waals surface area contributed by atoms with Gasteiger partial charge in [0.15, 0.2) is 5.78 Å². The number of halogens is 4. The molecular weight excluding hydrogens is 562 g/mol. The number of fused-ring (bicyclic) bond motifs is 1. The number of carbonyl (C=O) groups excluding carboxylic acids is 2. The first-order valence-electron chi connectivity index (χ1n) is 14.4. The molecule has 6 nitrogen and oxygen atoms in total. The van der Waals surface area contributed by atoms with Crippen molar-refractivity contribution in [1.82, 2.24) is 14.7 Å². The summed E-state index contributed by atoms with van der Waals surface area (Å²) in [5.41, 5.74) is 4.55. The van der Waals surface area contributed by atoms with Crippen molar-refractivity contribution < 1.29 is 31.9 Å². The van der Waals surface area contributed by atoms with Crippen molar-refractivity contribution in [1.29, 1.82) is 0 Å². The number of aromatic nitrogens is 2. The molecule has 4 aromatic rings. The molecule has 0 N–H and O–H groups in total. The zero-order valence-electron chi connectivity index (χ0n) is 23.9. The van der Waals surface area contributed by atoms with Gasteiger partial charge in [-0.15, -0.1) is 0 Å². The number of piperidine rings is 1. The molecule has 0 spiro atoms. The Morgan fingerprint density at radius 2 is 1.60 bits per heavy atom.